The number of unbranched alkanes of at least 4 members (excludes halogenated alkanes) is 1. The molecule has 0 aliphatic carbocycles. The highest BCUT2D eigenvalue weighted by molar-refractivity contribution is 5.91. The molecule has 0 unspecified atom stereocenters. The molecular formula is C16H19FN4O. The Balaban J connectivity index is 1.85. The Morgan fingerprint density at radius 3 is 2.59 bits per heavy atom. The van der Waals surface area contributed by atoms with Crippen molar-refractivity contribution in [3.05, 3.63) is 53.7 Å². The van der Waals surface area contributed by atoms with Crippen molar-refractivity contribution in [2.45, 2.75) is 26.3 Å². The summed E-state index contributed by atoms with van der Waals surface area (Å²) in [7, 11) is 0. The number of halogens is 1. The Morgan fingerprint density at radius 2 is 1.95 bits per heavy atom. The molecule has 5 nitrogen and oxygen atoms in total. The molecule has 0 atom stereocenters. The molecule has 116 valence electrons. The van der Waals surface area contributed by atoms with Crippen LogP contribution in [0.3, 0.4) is 0 Å². The molecule has 6 heteroatoms. The number of nitrogens with one attached hydrogen (secondary N) is 2. The molecule has 1 amide bonds. The van der Waals surface area contributed by atoms with Crippen molar-refractivity contribution in [1.82, 2.24) is 15.3 Å². The normalized spacial score (nSPS) is 10.3. The van der Waals surface area contributed by atoms with Gasteiger partial charge >= 0.3 is 0 Å². The maximum atomic E-state index is 12.8. The van der Waals surface area contributed by atoms with E-state index in [1.54, 1.807) is 18.3 Å². The van der Waals surface area contributed by atoms with Crippen LogP contribution in [-0.2, 0) is 6.54 Å². The predicted octanol–water partition coefficient (Wildman–Crippen LogP) is 2.76. The molecule has 0 saturated heterocycles. The number of aromatic nitrogens is 2. The Morgan fingerprint density at radius 1 is 1.18 bits per heavy atom. The molecule has 1 heterocycles. The van der Waals surface area contributed by atoms with E-state index in [0.717, 1.165) is 24.9 Å². The fraction of sp³-hybridized carbons (Fsp3) is 0.312. The zero-order chi connectivity index (χ0) is 15.8. The fourth-order valence-electron chi connectivity index (χ4n) is 1.80. The molecule has 2 rings (SSSR count). The van der Waals surface area contributed by atoms with E-state index in [0.29, 0.717) is 12.4 Å². The molecule has 0 saturated carbocycles. The maximum absolute atomic E-state index is 12.8. The Bertz CT molecular complexity index is 599. The van der Waals surface area contributed by atoms with Crippen LogP contribution in [0.4, 0.5) is 10.2 Å². The van der Waals surface area contributed by atoms with Crippen molar-refractivity contribution in [2.75, 3.05) is 11.9 Å². The number of carbonyl (C=O) groups excluding carboxylic acids is 1. The van der Waals surface area contributed by atoms with Crippen molar-refractivity contribution in [2.24, 2.45) is 0 Å². The van der Waals surface area contributed by atoms with Gasteiger partial charge in [-0.05, 0) is 24.1 Å². The Labute approximate surface area is 129 Å². The summed E-state index contributed by atoms with van der Waals surface area (Å²) >= 11 is 0. The monoisotopic (exact) mass is 302 g/mol. The minimum atomic E-state index is -0.308. The van der Waals surface area contributed by atoms with Crippen molar-refractivity contribution in [3.8, 4) is 0 Å². The smallest absolute Gasteiger partial charge is 0.271 e. The number of rotatable bonds is 7. The predicted molar refractivity (Wildman–Crippen MR) is 83.0 cm³/mol. The van der Waals surface area contributed by atoms with E-state index in [2.05, 4.69) is 27.5 Å². The summed E-state index contributed by atoms with van der Waals surface area (Å²) in [6, 6.07) is 5.97. The van der Waals surface area contributed by atoms with Gasteiger partial charge in [0.05, 0.1) is 12.4 Å². The molecule has 22 heavy (non-hydrogen) atoms. The second-order valence-corrected chi connectivity index (χ2v) is 4.88. The van der Waals surface area contributed by atoms with Crippen LogP contribution in [0.15, 0.2) is 36.7 Å². The van der Waals surface area contributed by atoms with E-state index >= 15 is 0 Å². The van der Waals surface area contributed by atoms with Crippen molar-refractivity contribution in [1.29, 1.82) is 0 Å². The average Bonchev–Trinajstić information content (AvgIpc) is 2.55. The lowest BCUT2D eigenvalue weighted by atomic mass is 10.2. The van der Waals surface area contributed by atoms with Gasteiger partial charge in [-0.2, -0.15) is 0 Å². The summed E-state index contributed by atoms with van der Waals surface area (Å²) in [5.74, 6) is 0.0487. The quantitative estimate of drug-likeness (QED) is 0.772. The van der Waals surface area contributed by atoms with E-state index in [1.807, 2.05) is 0 Å². The van der Waals surface area contributed by atoms with Crippen LogP contribution in [0.5, 0.6) is 0 Å². The first kappa shape index (κ1) is 15.9. The molecular weight excluding hydrogens is 283 g/mol. The number of carbonyl (C=O) groups is 1. The van der Waals surface area contributed by atoms with E-state index in [4.69, 9.17) is 0 Å². The number of hydrogen-bond donors (Lipinski definition) is 2. The summed E-state index contributed by atoms with van der Waals surface area (Å²) in [5.41, 5.74) is 1.07. The van der Waals surface area contributed by atoms with Gasteiger partial charge in [-0.25, -0.2) is 14.4 Å². The third-order valence-electron chi connectivity index (χ3n) is 3.09. The number of hydrogen-bond acceptors (Lipinski definition) is 4. The maximum Gasteiger partial charge on any atom is 0.271 e. The molecule has 1 aromatic carbocycles. The van der Waals surface area contributed by atoms with Gasteiger partial charge in [0, 0.05) is 13.1 Å². The average molecular weight is 302 g/mol. The van der Waals surface area contributed by atoms with Crippen LogP contribution in [0.2, 0.25) is 0 Å². The Hall–Kier alpha value is -2.50. The second kappa shape index (κ2) is 8.07. The lowest BCUT2D eigenvalue weighted by Crippen LogP contribution is -2.24. The van der Waals surface area contributed by atoms with Gasteiger partial charge in [0.25, 0.3) is 5.91 Å². The molecule has 2 N–H and O–H groups in total. The highest BCUT2D eigenvalue weighted by Crippen LogP contribution is 2.04. The highest BCUT2D eigenvalue weighted by atomic mass is 19.1. The summed E-state index contributed by atoms with van der Waals surface area (Å²) in [5, 5.41) is 5.86. The highest BCUT2D eigenvalue weighted by Gasteiger charge is 2.07. The van der Waals surface area contributed by atoms with Gasteiger partial charge in [0.1, 0.15) is 17.3 Å². The van der Waals surface area contributed by atoms with Crippen LogP contribution >= 0.6 is 0 Å². The molecule has 0 bridgehead atoms. The minimum absolute atomic E-state index is 0.253. The first-order valence-corrected chi connectivity index (χ1v) is 7.27. The third-order valence-corrected chi connectivity index (χ3v) is 3.09. The largest absolute Gasteiger partial charge is 0.369 e. The summed E-state index contributed by atoms with van der Waals surface area (Å²) in [6.45, 7) is 3.26. The lowest BCUT2D eigenvalue weighted by molar-refractivity contribution is 0.0945. The molecule has 0 spiro atoms. The summed E-state index contributed by atoms with van der Waals surface area (Å²) < 4.78 is 12.8. The molecule has 0 aliphatic heterocycles. The summed E-state index contributed by atoms with van der Waals surface area (Å²) in [6.07, 6.45) is 5.14. The van der Waals surface area contributed by atoms with Gasteiger partial charge in [-0.15, -0.1) is 0 Å². The zero-order valence-electron chi connectivity index (χ0n) is 12.5. The van der Waals surface area contributed by atoms with Crippen molar-refractivity contribution in [3.63, 3.8) is 0 Å². The topological polar surface area (TPSA) is 66.9 Å². The number of anilines is 1. The van der Waals surface area contributed by atoms with E-state index in [-0.39, 0.29) is 17.4 Å². The van der Waals surface area contributed by atoms with Gasteiger partial charge < -0.3 is 10.6 Å². The molecule has 0 radical (unpaired) electrons. The minimum Gasteiger partial charge on any atom is -0.369 e. The van der Waals surface area contributed by atoms with Crippen LogP contribution < -0.4 is 10.6 Å². The zero-order valence-corrected chi connectivity index (χ0v) is 12.5. The lowest BCUT2D eigenvalue weighted by Gasteiger charge is -2.06. The van der Waals surface area contributed by atoms with Gasteiger partial charge in [0.2, 0.25) is 0 Å². The van der Waals surface area contributed by atoms with Crippen LogP contribution in [0.1, 0.15) is 35.8 Å². The van der Waals surface area contributed by atoms with Crippen molar-refractivity contribution >= 4 is 11.7 Å². The van der Waals surface area contributed by atoms with Gasteiger partial charge in [0.15, 0.2) is 0 Å². The standard InChI is InChI=1S/C16H19FN4O/c1-2-3-8-18-15-11-19-14(10-20-15)16(22)21-9-12-4-6-13(17)7-5-12/h4-7,10-11H,2-3,8-9H2,1H3,(H,18,20)(H,21,22). The molecule has 2 aromatic rings. The molecule has 0 fully saturated rings. The third kappa shape index (κ3) is 4.80. The van der Waals surface area contributed by atoms with Crippen LogP contribution in [0, 0.1) is 5.82 Å². The van der Waals surface area contributed by atoms with Crippen LogP contribution in [0.25, 0.3) is 0 Å². The Kier molecular flexibility index (Phi) is 5.82. The first-order valence-electron chi connectivity index (χ1n) is 7.27. The van der Waals surface area contributed by atoms with E-state index in [1.165, 1.54) is 18.3 Å². The van der Waals surface area contributed by atoms with Crippen molar-refractivity contribution < 1.29 is 9.18 Å². The van der Waals surface area contributed by atoms with E-state index < -0.39 is 0 Å². The molecule has 1 aromatic heterocycles. The van der Waals surface area contributed by atoms with Crippen LogP contribution in [-0.4, -0.2) is 22.4 Å². The van der Waals surface area contributed by atoms with Gasteiger partial charge in [-0.3, -0.25) is 4.79 Å². The number of amides is 1. The van der Waals surface area contributed by atoms with Gasteiger partial charge in [-0.1, -0.05) is 25.5 Å². The number of benzene rings is 1. The fourth-order valence-corrected chi connectivity index (χ4v) is 1.80. The number of nitrogens with zero attached hydrogens (tertiary/aromatic N) is 2. The SMILES string of the molecule is CCCCNc1cnc(C(=O)NCc2ccc(F)cc2)cn1. The molecule has 0 aliphatic rings. The van der Waals surface area contributed by atoms with E-state index in [9.17, 15) is 9.18 Å². The second-order valence-electron chi connectivity index (χ2n) is 4.88. The first-order chi connectivity index (χ1) is 10.7. The summed E-state index contributed by atoms with van der Waals surface area (Å²) in [4.78, 5) is 20.2.